The molecule has 0 fully saturated rings. The molecule has 2 rings (SSSR count). The highest BCUT2D eigenvalue weighted by atomic mass is 79.9. The van der Waals surface area contributed by atoms with Gasteiger partial charge in [-0.05, 0) is 53.6 Å². The van der Waals surface area contributed by atoms with Crippen molar-refractivity contribution in [3.63, 3.8) is 0 Å². The van der Waals surface area contributed by atoms with E-state index in [1.807, 2.05) is 29.8 Å². The van der Waals surface area contributed by atoms with Gasteiger partial charge >= 0.3 is 0 Å². The van der Waals surface area contributed by atoms with E-state index >= 15 is 0 Å². The van der Waals surface area contributed by atoms with Gasteiger partial charge in [-0.1, -0.05) is 13.3 Å². The zero-order valence-corrected chi connectivity index (χ0v) is 14.0. The first-order chi connectivity index (χ1) is 9.65. The molecule has 0 N–H and O–H groups in total. The number of thiophene rings is 1. The average Bonchev–Trinajstić information content (AvgIpc) is 3.03. The van der Waals surface area contributed by atoms with E-state index in [1.165, 1.54) is 4.88 Å². The number of hydrogen-bond donors (Lipinski definition) is 0. The summed E-state index contributed by atoms with van der Waals surface area (Å²) in [5.74, 6) is 0.0434. The predicted molar refractivity (Wildman–Crippen MR) is 87.3 cm³/mol. The van der Waals surface area contributed by atoms with Crippen LogP contribution in [0, 0.1) is 0 Å². The smallest absolute Gasteiger partial charge is 0.195 e. The van der Waals surface area contributed by atoms with Gasteiger partial charge < -0.3 is 0 Å². The largest absolute Gasteiger partial charge is 0.288 e. The molecule has 106 valence electrons. The summed E-state index contributed by atoms with van der Waals surface area (Å²) in [5.41, 5.74) is 0.949. The first kappa shape index (κ1) is 15.2. The highest BCUT2D eigenvalue weighted by Crippen LogP contribution is 2.29. The molecular formula is C15H17BrN2OS. The molecule has 3 nitrogen and oxygen atoms in total. The molecule has 0 aliphatic heterocycles. The molecule has 0 aromatic carbocycles. The predicted octanol–water partition coefficient (Wildman–Crippen LogP) is 4.58. The lowest BCUT2D eigenvalue weighted by atomic mass is 10.2. The maximum atomic E-state index is 12.2. The van der Waals surface area contributed by atoms with E-state index in [9.17, 15) is 4.79 Å². The molecule has 0 aliphatic rings. The van der Waals surface area contributed by atoms with Gasteiger partial charge in [0, 0.05) is 22.1 Å². The first-order valence-corrected chi connectivity index (χ1v) is 8.29. The fourth-order valence-corrected chi connectivity index (χ4v) is 3.81. The molecule has 0 bridgehead atoms. The molecule has 0 spiro atoms. The average molecular weight is 353 g/mol. The van der Waals surface area contributed by atoms with E-state index in [1.54, 1.807) is 23.6 Å². The molecule has 0 aliphatic carbocycles. The van der Waals surface area contributed by atoms with Crippen molar-refractivity contribution >= 4 is 39.1 Å². The second-order valence-corrected chi connectivity index (χ2v) is 6.39. The summed E-state index contributed by atoms with van der Waals surface area (Å²) in [6.07, 6.45) is 7.28. The fourth-order valence-electron chi connectivity index (χ4n) is 1.92. The Balaban J connectivity index is 2.14. The molecule has 5 heteroatoms. The number of halogens is 1. The maximum Gasteiger partial charge on any atom is 0.195 e. The van der Waals surface area contributed by atoms with Crippen molar-refractivity contribution in [1.82, 2.24) is 9.78 Å². The van der Waals surface area contributed by atoms with Crippen molar-refractivity contribution in [3.8, 4) is 0 Å². The van der Waals surface area contributed by atoms with Crippen LogP contribution in [0.3, 0.4) is 0 Å². The molecule has 20 heavy (non-hydrogen) atoms. The van der Waals surface area contributed by atoms with E-state index in [2.05, 4.69) is 28.0 Å². The van der Waals surface area contributed by atoms with Crippen molar-refractivity contribution in [1.29, 1.82) is 0 Å². The summed E-state index contributed by atoms with van der Waals surface area (Å²) < 4.78 is 2.90. The minimum Gasteiger partial charge on any atom is -0.288 e. The zero-order chi connectivity index (χ0) is 14.5. The number of carbonyl (C=O) groups excluding carboxylic acids is 1. The second kappa shape index (κ2) is 6.99. The normalized spacial score (nSPS) is 11.3. The van der Waals surface area contributed by atoms with Crippen molar-refractivity contribution in [2.75, 3.05) is 0 Å². The number of aromatic nitrogens is 2. The van der Waals surface area contributed by atoms with Crippen LogP contribution in [0.1, 0.15) is 40.5 Å². The molecule has 2 heterocycles. The molecule has 0 unspecified atom stereocenters. The van der Waals surface area contributed by atoms with Gasteiger partial charge in [0.25, 0.3) is 0 Å². The van der Waals surface area contributed by atoms with Crippen molar-refractivity contribution in [2.45, 2.75) is 33.2 Å². The van der Waals surface area contributed by atoms with E-state index in [0.717, 1.165) is 34.4 Å². The van der Waals surface area contributed by atoms with Crippen LogP contribution in [-0.2, 0) is 13.0 Å². The van der Waals surface area contributed by atoms with Gasteiger partial charge in [0.15, 0.2) is 5.78 Å². The van der Waals surface area contributed by atoms with Crippen LogP contribution < -0.4 is 0 Å². The molecule has 0 saturated heterocycles. The standard InChI is InChI=1S/C15H17BrN2OS/c1-3-5-14-12(16)10-15(20-14)13(19)7-6-11-8-9-17-18(11)4-2/h6-10H,3-5H2,1-2H3/b7-6+. The highest BCUT2D eigenvalue weighted by molar-refractivity contribution is 9.10. The number of aryl methyl sites for hydroxylation is 2. The maximum absolute atomic E-state index is 12.2. The van der Waals surface area contributed by atoms with Gasteiger partial charge in [-0.15, -0.1) is 11.3 Å². The first-order valence-electron chi connectivity index (χ1n) is 6.68. The third kappa shape index (κ3) is 3.46. The summed E-state index contributed by atoms with van der Waals surface area (Å²) in [6.45, 7) is 4.96. The fraction of sp³-hybridized carbons (Fsp3) is 0.333. The number of ketones is 1. The summed E-state index contributed by atoms with van der Waals surface area (Å²) in [7, 11) is 0. The SMILES string of the molecule is CCCc1sc(C(=O)/C=C/c2ccnn2CC)cc1Br. The summed E-state index contributed by atoms with van der Waals surface area (Å²) in [4.78, 5) is 14.2. The summed E-state index contributed by atoms with van der Waals surface area (Å²) in [6, 6.07) is 3.82. The number of nitrogens with zero attached hydrogens (tertiary/aromatic N) is 2. The molecule has 0 amide bonds. The Kier molecular flexibility index (Phi) is 5.31. The van der Waals surface area contributed by atoms with Crippen LogP contribution in [0.5, 0.6) is 0 Å². The zero-order valence-electron chi connectivity index (χ0n) is 11.6. The van der Waals surface area contributed by atoms with Crippen LogP contribution in [0.4, 0.5) is 0 Å². The Morgan fingerprint density at radius 2 is 2.30 bits per heavy atom. The Hall–Kier alpha value is -1.20. The van der Waals surface area contributed by atoms with Crippen LogP contribution in [-0.4, -0.2) is 15.6 Å². The van der Waals surface area contributed by atoms with Crippen molar-refractivity contribution in [3.05, 3.63) is 44.3 Å². The molecule has 2 aromatic heterocycles. The molecule has 0 radical (unpaired) electrons. The molecule has 2 aromatic rings. The van der Waals surface area contributed by atoms with Crippen molar-refractivity contribution in [2.24, 2.45) is 0 Å². The Morgan fingerprint density at radius 1 is 1.50 bits per heavy atom. The monoisotopic (exact) mass is 352 g/mol. The van der Waals surface area contributed by atoms with Gasteiger partial charge in [-0.25, -0.2) is 0 Å². The Morgan fingerprint density at radius 3 is 3.00 bits per heavy atom. The topological polar surface area (TPSA) is 34.9 Å². The van der Waals surface area contributed by atoms with Gasteiger partial charge in [0.2, 0.25) is 0 Å². The minimum atomic E-state index is 0.0434. The van der Waals surface area contributed by atoms with E-state index < -0.39 is 0 Å². The summed E-state index contributed by atoms with van der Waals surface area (Å²) >= 11 is 5.09. The Bertz CT molecular complexity index is 628. The lowest BCUT2D eigenvalue weighted by Crippen LogP contribution is -1.98. The van der Waals surface area contributed by atoms with E-state index in [0.29, 0.717) is 0 Å². The quantitative estimate of drug-likeness (QED) is 0.563. The van der Waals surface area contributed by atoms with E-state index in [-0.39, 0.29) is 5.78 Å². The number of hydrogen-bond acceptors (Lipinski definition) is 3. The van der Waals surface area contributed by atoms with Crippen LogP contribution in [0.2, 0.25) is 0 Å². The molecular weight excluding hydrogens is 336 g/mol. The van der Waals surface area contributed by atoms with Gasteiger partial charge in [0.05, 0.1) is 10.6 Å². The van der Waals surface area contributed by atoms with Gasteiger partial charge in [-0.3, -0.25) is 9.48 Å². The van der Waals surface area contributed by atoms with Crippen LogP contribution in [0.15, 0.2) is 28.9 Å². The van der Waals surface area contributed by atoms with Gasteiger partial charge in [-0.2, -0.15) is 5.10 Å². The second-order valence-electron chi connectivity index (χ2n) is 4.40. The minimum absolute atomic E-state index is 0.0434. The van der Waals surface area contributed by atoms with Crippen LogP contribution in [0.25, 0.3) is 6.08 Å². The summed E-state index contributed by atoms with van der Waals surface area (Å²) in [5, 5.41) is 4.18. The number of rotatable bonds is 6. The third-order valence-electron chi connectivity index (χ3n) is 2.93. The Labute approximate surface area is 131 Å². The van der Waals surface area contributed by atoms with Gasteiger partial charge in [0.1, 0.15) is 0 Å². The number of allylic oxidation sites excluding steroid dienone is 1. The lowest BCUT2D eigenvalue weighted by Gasteiger charge is -1.98. The van der Waals surface area contributed by atoms with Crippen LogP contribution >= 0.6 is 27.3 Å². The van der Waals surface area contributed by atoms with E-state index in [4.69, 9.17) is 0 Å². The molecule has 0 atom stereocenters. The highest BCUT2D eigenvalue weighted by Gasteiger charge is 2.10. The third-order valence-corrected chi connectivity index (χ3v) is 5.11. The molecule has 0 saturated carbocycles. The van der Waals surface area contributed by atoms with Crippen molar-refractivity contribution < 1.29 is 4.79 Å². The lowest BCUT2D eigenvalue weighted by molar-refractivity contribution is 0.105. The number of carbonyl (C=O) groups is 1.